The minimum atomic E-state index is 1.33. The van der Waals surface area contributed by atoms with Crippen molar-refractivity contribution >= 4 is 23.5 Å². The van der Waals surface area contributed by atoms with E-state index in [1.807, 2.05) is 0 Å². The van der Waals surface area contributed by atoms with E-state index in [4.69, 9.17) is 0 Å². The van der Waals surface area contributed by atoms with E-state index in [-0.39, 0.29) is 0 Å². The van der Waals surface area contributed by atoms with Gasteiger partial charge in [-0.2, -0.15) is 23.5 Å². The summed E-state index contributed by atoms with van der Waals surface area (Å²) in [6.07, 6.45) is 15.9. The second-order valence-electron chi connectivity index (χ2n) is 5.41. The molecule has 2 heteroatoms. The highest BCUT2D eigenvalue weighted by atomic mass is 32.2. The van der Waals surface area contributed by atoms with E-state index < -0.39 is 0 Å². The second kappa shape index (κ2) is 18.7. The molecule has 0 bridgehead atoms. The van der Waals surface area contributed by atoms with Gasteiger partial charge in [0, 0.05) is 11.5 Å². The standard InChI is InChI=1S/C17H36S2/c1-3-5-6-7-8-9-10-11-12-13-15-19-17-16-18-14-4-2/h3-17H2,1-2H3. The van der Waals surface area contributed by atoms with Gasteiger partial charge in [-0.25, -0.2) is 0 Å². The molecule has 0 aliphatic heterocycles. The third-order valence-corrected chi connectivity index (χ3v) is 5.88. The Labute approximate surface area is 131 Å². The van der Waals surface area contributed by atoms with Gasteiger partial charge in [-0.3, -0.25) is 0 Å². The molecule has 0 aromatic heterocycles. The van der Waals surface area contributed by atoms with Crippen LogP contribution in [0.2, 0.25) is 0 Å². The lowest BCUT2D eigenvalue weighted by Crippen LogP contribution is -1.89. The lowest BCUT2D eigenvalue weighted by atomic mass is 10.1. The first-order valence-electron chi connectivity index (χ1n) is 8.57. The van der Waals surface area contributed by atoms with Gasteiger partial charge in [0.25, 0.3) is 0 Å². The van der Waals surface area contributed by atoms with Gasteiger partial charge < -0.3 is 0 Å². The lowest BCUT2D eigenvalue weighted by molar-refractivity contribution is 0.563. The zero-order valence-electron chi connectivity index (χ0n) is 13.4. The Morgan fingerprint density at radius 3 is 1.42 bits per heavy atom. The Morgan fingerprint density at radius 2 is 0.895 bits per heavy atom. The number of hydrogen-bond donors (Lipinski definition) is 0. The molecule has 0 saturated heterocycles. The maximum atomic E-state index is 2.29. The molecule has 0 nitrogen and oxygen atoms in total. The topological polar surface area (TPSA) is 0 Å². The summed E-state index contributed by atoms with van der Waals surface area (Å²) in [6.45, 7) is 4.56. The first kappa shape index (κ1) is 19.7. The molecule has 0 aromatic carbocycles. The van der Waals surface area contributed by atoms with Crippen LogP contribution in [0, 0.1) is 0 Å². The molecular formula is C17H36S2. The first-order valence-corrected chi connectivity index (χ1v) is 10.9. The van der Waals surface area contributed by atoms with E-state index in [1.54, 1.807) is 0 Å². The number of hydrogen-bond acceptors (Lipinski definition) is 2. The first-order chi connectivity index (χ1) is 9.41. The highest BCUT2D eigenvalue weighted by Gasteiger charge is 1.94. The van der Waals surface area contributed by atoms with Crippen molar-refractivity contribution in [3.05, 3.63) is 0 Å². The Hall–Kier alpha value is 0.700. The molecule has 0 unspecified atom stereocenters. The quantitative estimate of drug-likeness (QED) is 0.288. The molecular weight excluding hydrogens is 268 g/mol. The largest absolute Gasteiger partial charge is 0.161 e. The van der Waals surface area contributed by atoms with Gasteiger partial charge in [0.05, 0.1) is 0 Å². The maximum Gasteiger partial charge on any atom is 0.00235 e. The van der Waals surface area contributed by atoms with E-state index >= 15 is 0 Å². The monoisotopic (exact) mass is 304 g/mol. The van der Waals surface area contributed by atoms with E-state index in [0.717, 1.165) is 0 Å². The summed E-state index contributed by atoms with van der Waals surface area (Å²) in [6, 6.07) is 0. The summed E-state index contributed by atoms with van der Waals surface area (Å²) >= 11 is 4.28. The molecule has 19 heavy (non-hydrogen) atoms. The van der Waals surface area contributed by atoms with Gasteiger partial charge in [0.15, 0.2) is 0 Å². The van der Waals surface area contributed by atoms with E-state index in [0.29, 0.717) is 0 Å². The van der Waals surface area contributed by atoms with Crippen LogP contribution in [-0.4, -0.2) is 23.0 Å². The normalized spacial score (nSPS) is 11.1. The van der Waals surface area contributed by atoms with Crippen LogP contribution in [0.15, 0.2) is 0 Å². The Kier molecular flexibility index (Phi) is 19.4. The number of rotatable bonds is 16. The summed E-state index contributed by atoms with van der Waals surface area (Å²) in [5.74, 6) is 5.46. The van der Waals surface area contributed by atoms with Gasteiger partial charge in [-0.1, -0.05) is 71.6 Å². The molecule has 0 heterocycles. The fourth-order valence-corrected chi connectivity index (χ4v) is 4.21. The third-order valence-electron chi connectivity index (χ3n) is 3.36. The minimum absolute atomic E-state index is 1.33. The van der Waals surface area contributed by atoms with Crippen LogP contribution in [0.1, 0.15) is 84.5 Å². The summed E-state index contributed by atoms with van der Waals surface area (Å²) in [7, 11) is 0. The van der Waals surface area contributed by atoms with Crippen LogP contribution in [0.25, 0.3) is 0 Å². The fraction of sp³-hybridized carbons (Fsp3) is 1.00. The SMILES string of the molecule is CCCCCCCCCCCCSCCSCCC. The molecule has 0 N–H and O–H groups in total. The number of thioether (sulfide) groups is 2. The van der Waals surface area contributed by atoms with E-state index in [1.165, 1.54) is 93.6 Å². The molecule has 0 aliphatic carbocycles. The molecule has 0 amide bonds. The number of unbranched alkanes of at least 4 members (excludes halogenated alkanes) is 9. The third kappa shape index (κ3) is 18.7. The van der Waals surface area contributed by atoms with Crippen molar-refractivity contribution in [3.63, 3.8) is 0 Å². The van der Waals surface area contributed by atoms with Crippen molar-refractivity contribution in [1.82, 2.24) is 0 Å². The van der Waals surface area contributed by atoms with Gasteiger partial charge in [-0.05, 0) is 24.3 Å². The molecule has 0 radical (unpaired) electrons. The summed E-state index contributed by atoms with van der Waals surface area (Å²) < 4.78 is 0. The van der Waals surface area contributed by atoms with Crippen LogP contribution in [0.5, 0.6) is 0 Å². The van der Waals surface area contributed by atoms with Crippen molar-refractivity contribution in [1.29, 1.82) is 0 Å². The molecule has 0 saturated carbocycles. The van der Waals surface area contributed by atoms with Gasteiger partial charge in [0.1, 0.15) is 0 Å². The second-order valence-corrected chi connectivity index (χ2v) is 7.86. The molecule has 0 aromatic rings. The van der Waals surface area contributed by atoms with Crippen LogP contribution >= 0.6 is 23.5 Å². The van der Waals surface area contributed by atoms with Gasteiger partial charge in [0.2, 0.25) is 0 Å². The molecule has 116 valence electrons. The average molecular weight is 305 g/mol. The Morgan fingerprint density at radius 1 is 0.421 bits per heavy atom. The molecule has 0 aliphatic rings. The Bertz CT molecular complexity index is 132. The smallest absolute Gasteiger partial charge is 0.00235 e. The summed E-state index contributed by atoms with van der Waals surface area (Å²) in [5, 5.41) is 0. The predicted octanol–water partition coefficient (Wildman–Crippen LogP) is 6.78. The Balaban J connectivity index is 2.88. The van der Waals surface area contributed by atoms with E-state index in [9.17, 15) is 0 Å². The summed E-state index contributed by atoms with van der Waals surface area (Å²) in [4.78, 5) is 0. The van der Waals surface area contributed by atoms with Crippen molar-refractivity contribution in [2.45, 2.75) is 84.5 Å². The van der Waals surface area contributed by atoms with Crippen molar-refractivity contribution in [2.75, 3.05) is 23.0 Å². The van der Waals surface area contributed by atoms with Crippen LogP contribution in [-0.2, 0) is 0 Å². The van der Waals surface area contributed by atoms with Crippen molar-refractivity contribution in [2.24, 2.45) is 0 Å². The molecule has 0 fully saturated rings. The predicted molar refractivity (Wildman–Crippen MR) is 96.8 cm³/mol. The molecule has 0 rings (SSSR count). The zero-order valence-corrected chi connectivity index (χ0v) is 15.1. The average Bonchev–Trinajstić information content (AvgIpc) is 2.43. The molecule has 0 spiro atoms. The highest BCUT2D eigenvalue weighted by molar-refractivity contribution is 8.02. The zero-order chi connectivity index (χ0) is 14.0. The summed E-state index contributed by atoms with van der Waals surface area (Å²) in [5.41, 5.74) is 0. The van der Waals surface area contributed by atoms with E-state index in [2.05, 4.69) is 37.4 Å². The highest BCUT2D eigenvalue weighted by Crippen LogP contribution is 2.13. The van der Waals surface area contributed by atoms with Crippen molar-refractivity contribution < 1.29 is 0 Å². The fourth-order valence-electron chi connectivity index (χ4n) is 2.16. The minimum Gasteiger partial charge on any atom is -0.161 e. The lowest BCUT2D eigenvalue weighted by Gasteiger charge is -2.03. The van der Waals surface area contributed by atoms with Crippen LogP contribution < -0.4 is 0 Å². The molecule has 0 atom stereocenters. The van der Waals surface area contributed by atoms with Gasteiger partial charge in [-0.15, -0.1) is 0 Å². The van der Waals surface area contributed by atoms with Gasteiger partial charge >= 0.3 is 0 Å². The van der Waals surface area contributed by atoms with Crippen LogP contribution in [0.4, 0.5) is 0 Å². The van der Waals surface area contributed by atoms with Crippen molar-refractivity contribution in [3.8, 4) is 0 Å². The maximum absolute atomic E-state index is 2.29. The van der Waals surface area contributed by atoms with Crippen LogP contribution in [0.3, 0.4) is 0 Å².